The molecular formula is C46H80NO7+. The Kier molecular flexibility index (Phi) is 34.9. The number of quaternary nitrogens is 1. The van der Waals surface area contributed by atoms with Gasteiger partial charge in [-0.05, 0) is 57.8 Å². The van der Waals surface area contributed by atoms with E-state index in [4.69, 9.17) is 14.2 Å². The molecule has 0 saturated heterocycles. The second kappa shape index (κ2) is 37.0. The Morgan fingerprint density at radius 2 is 1.04 bits per heavy atom. The summed E-state index contributed by atoms with van der Waals surface area (Å²) in [6, 6.07) is -0.616. The minimum atomic E-state index is -0.880. The Morgan fingerprint density at radius 1 is 0.574 bits per heavy atom. The van der Waals surface area contributed by atoms with E-state index < -0.39 is 18.1 Å². The number of likely N-dealkylation sites (N-methyl/N-ethyl adjacent to an activating group) is 1. The Hall–Kier alpha value is -2.97. The molecule has 54 heavy (non-hydrogen) atoms. The van der Waals surface area contributed by atoms with Gasteiger partial charge in [0.05, 0.1) is 34.4 Å². The van der Waals surface area contributed by atoms with Crippen molar-refractivity contribution in [2.45, 2.75) is 174 Å². The summed E-state index contributed by atoms with van der Waals surface area (Å²) in [5.41, 5.74) is 0. The van der Waals surface area contributed by atoms with E-state index >= 15 is 0 Å². The van der Waals surface area contributed by atoms with Crippen molar-refractivity contribution in [2.24, 2.45) is 0 Å². The average Bonchev–Trinajstić information content (AvgIpc) is 3.12. The minimum Gasteiger partial charge on any atom is -0.477 e. The van der Waals surface area contributed by atoms with E-state index in [1.807, 2.05) is 21.1 Å². The third-order valence-electron chi connectivity index (χ3n) is 9.18. The zero-order chi connectivity index (χ0) is 40.0. The Balaban J connectivity index is 4.25. The van der Waals surface area contributed by atoms with Crippen LogP contribution in [-0.2, 0) is 28.6 Å². The maximum Gasteiger partial charge on any atom is 0.362 e. The highest BCUT2D eigenvalue weighted by atomic mass is 16.6. The van der Waals surface area contributed by atoms with Gasteiger partial charge in [0, 0.05) is 19.3 Å². The van der Waals surface area contributed by atoms with Gasteiger partial charge >= 0.3 is 17.9 Å². The number of esters is 2. The lowest BCUT2D eigenvalue weighted by Gasteiger charge is -2.31. The highest BCUT2D eigenvalue weighted by Crippen LogP contribution is 2.13. The Bertz CT molecular complexity index is 1070. The lowest BCUT2D eigenvalue weighted by molar-refractivity contribution is -0.887. The number of allylic oxidation sites excluding steroid dienone is 10. The molecule has 0 aliphatic carbocycles. The number of ether oxygens (including phenoxy) is 3. The monoisotopic (exact) mass is 759 g/mol. The summed E-state index contributed by atoms with van der Waals surface area (Å²) < 4.78 is 17.2. The van der Waals surface area contributed by atoms with Crippen molar-refractivity contribution in [2.75, 3.05) is 41.0 Å². The predicted octanol–water partition coefficient (Wildman–Crippen LogP) is 11.4. The molecule has 0 fully saturated rings. The molecule has 0 rings (SSSR count). The van der Waals surface area contributed by atoms with Gasteiger partial charge in [0.25, 0.3) is 0 Å². The molecule has 0 aliphatic heterocycles. The van der Waals surface area contributed by atoms with Crippen molar-refractivity contribution < 1.29 is 38.2 Å². The zero-order valence-electron chi connectivity index (χ0n) is 35.2. The number of carbonyl (C=O) groups excluding carboxylic acids is 2. The van der Waals surface area contributed by atoms with Crippen molar-refractivity contribution in [3.05, 3.63) is 60.8 Å². The third-order valence-corrected chi connectivity index (χ3v) is 9.18. The molecule has 0 aromatic carbocycles. The molecule has 0 saturated carbocycles. The predicted molar refractivity (Wildman–Crippen MR) is 224 cm³/mol. The number of carboxylic acids is 1. The van der Waals surface area contributed by atoms with Crippen LogP contribution in [0.3, 0.4) is 0 Å². The molecule has 0 heterocycles. The second-order valence-corrected chi connectivity index (χ2v) is 15.2. The largest absolute Gasteiger partial charge is 0.477 e. The standard InChI is InChI=1S/C46H79NO7/c1-6-8-10-12-14-15-16-17-18-19-20-21-22-23-24-25-26-27-28-29-31-33-35-37-45(49)54-42(40-52-39-38-43(46(50)51)47(3,4)5)41-53-44(48)36-34-32-30-13-11-9-7-2/h8,10,14-15,17-18,20-21,23-24,42-43H,6-7,9,11-13,16,19,22,25-41H2,1-5H3/p+1/b10-8+,15-14+,18-17+,21-20+,24-23+. The van der Waals surface area contributed by atoms with E-state index in [2.05, 4.69) is 74.6 Å². The van der Waals surface area contributed by atoms with Crippen LogP contribution in [0.2, 0.25) is 0 Å². The first kappa shape index (κ1) is 51.0. The number of carboxylic acid groups (broad SMARTS) is 1. The van der Waals surface area contributed by atoms with Crippen LogP contribution >= 0.6 is 0 Å². The van der Waals surface area contributed by atoms with Gasteiger partial charge in [-0.3, -0.25) is 9.59 Å². The normalized spacial score (nSPS) is 13.6. The SMILES string of the molecule is CC/C=C/C/C=C/C/C=C/C/C=C/C/C=C/CCCCCCCCCC(=O)OC(COCCC(C(=O)O)[N+](C)(C)C)COC(=O)CCCCCCCCC. The number of aliphatic carboxylic acids is 1. The lowest BCUT2D eigenvalue weighted by Crippen LogP contribution is -2.50. The van der Waals surface area contributed by atoms with Crippen LogP contribution in [-0.4, -0.2) is 80.6 Å². The van der Waals surface area contributed by atoms with Crippen molar-refractivity contribution in [3.63, 3.8) is 0 Å². The summed E-state index contributed by atoms with van der Waals surface area (Å²) in [7, 11) is 5.51. The van der Waals surface area contributed by atoms with Crippen LogP contribution in [0.4, 0.5) is 0 Å². The molecule has 0 spiro atoms. The first-order valence-corrected chi connectivity index (χ1v) is 21.3. The van der Waals surface area contributed by atoms with Crippen LogP contribution in [0.25, 0.3) is 0 Å². The first-order valence-electron chi connectivity index (χ1n) is 21.3. The molecule has 0 bridgehead atoms. The van der Waals surface area contributed by atoms with E-state index in [1.165, 1.54) is 44.9 Å². The number of hydrogen-bond donors (Lipinski definition) is 1. The average molecular weight is 759 g/mol. The summed E-state index contributed by atoms with van der Waals surface area (Å²) in [6.07, 6.45) is 44.2. The summed E-state index contributed by atoms with van der Waals surface area (Å²) >= 11 is 0. The molecule has 8 nitrogen and oxygen atoms in total. The molecule has 0 aromatic rings. The highest BCUT2D eigenvalue weighted by molar-refractivity contribution is 5.72. The van der Waals surface area contributed by atoms with E-state index in [0.717, 1.165) is 83.5 Å². The van der Waals surface area contributed by atoms with Crippen LogP contribution in [0.15, 0.2) is 60.8 Å². The molecule has 0 aliphatic rings. The van der Waals surface area contributed by atoms with E-state index in [9.17, 15) is 19.5 Å². The number of rotatable bonds is 37. The van der Waals surface area contributed by atoms with E-state index in [-0.39, 0.29) is 36.2 Å². The zero-order valence-corrected chi connectivity index (χ0v) is 35.2. The maximum atomic E-state index is 12.7. The Labute approximate surface area is 330 Å². The fourth-order valence-corrected chi connectivity index (χ4v) is 5.88. The third kappa shape index (κ3) is 34.8. The van der Waals surface area contributed by atoms with Crippen LogP contribution in [0.1, 0.15) is 162 Å². The summed E-state index contributed by atoms with van der Waals surface area (Å²) in [4.78, 5) is 36.7. The highest BCUT2D eigenvalue weighted by Gasteiger charge is 2.31. The molecule has 0 amide bonds. The van der Waals surface area contributed by atoms with Gasteiger partial charge in [-0.1, -0.05) is 145 Å². The molecule has 8 heteroatoms. The molecular weight excluding hydrogens is 679 g/mol. The molecule has 2 atom stereocenters. The quantitative estimate of drug-likeness (QED) is 0.0291. The van der Waals surface area contributed by atoms with Gasteiger partial charge in [0.15, 0.2) is 12.1 Å². The lowest BCUT2D eigenvalue weighted by atomic mass is 10.1. The smallest absolute Gasteiger partial charge is 0.362 e. The number of unbranched alkanes of at least 4 members (excludes halogenated alkanes) is 13. The number of carbonyl (C=O) groups is 3. The van der Waals surface area contributed by atoms with Crippen LogP contribution < -0.4 is 0 Å². The summed E-state index contributed by atoms with van der Waals surface area (Å²) in [5.74, 6) is -1.49. The van der Waals surface area contributed by atoms with E-state index in [0.29, 0.717) is 19.3 Å². The topological polar surface area (TPSA) is 99.1 Å². The van der Waals surface area contributed by atoms with Crippen molar-refractivity contribution >= 4 is 17.9 Å². The number of nitrogens with zero attached hydrogens (tertiary/aromatic N) is 1. The molecule has 0 radical (unpaired) electrons. The van der Waals surface area contributed by atoms with Crippen LogP contribution in [0.5, 0.6) is 0 Å². The second-order valence-electron chi connectivity index (χ2n) is 15.2. The van der Waals surface area contributed by atoms with Crippen molar-refractivity contribution in [1.29, 1.82) is 0 Å². The van der Waals surface area contributed by atoms with Crippen LogP contribution in [0, 0.1) is 0 Å². The molecule has 0 aromatic heterocycles. The van der Waals surface area contributed by atoms with Gasteiger partial charge in [0.2, 0.25) is 0 Å². The minimum absolute atomic E-state index is 0.0551. The molecule has 1 N–H and O–H groups in total. The van der Waals surface area contributed by atoms with Gasteiger partial charge in [-0.25, -0.2) is 4.79 Å². The van der Waals surface area contributed by atoms with Gasteiger partial charge < -0.3 is 23.8 Å². The fourth-order valence-electron chi connectivity index (χ4n) is 5.88. The van der Waals surface area contributed by atoms with Gasteiger partial charge in [0.1, 0.15) is 6.61 Å². The summed E-state index contributed by atoms with van der Waals surface area (Å²) in [5, 5.41) is 9.59. The van der Waals surface area contributed by atoms with Gasteiger partial charge in [-0.15, -0.1) is 0 Å². The first-order chi connectivity index (χ1) is 26.1. The molecule has 310 valence electrons. The molecule has 2 unspecified atom stereocenters. The van der Waals surface area contributed by atoms with E-state index in [1.54, 1.807) is 0 Å². The fraction of sp³-hybridized carbons (Fsp3) is 0.717. The number of hydrogen-bond acceptors (Lipinski definition) is 6. The van der Waals surface area contributed by atoms with Crippen molar-refractivity contribution in [1.82, 2.24) is 0 Å². The van der Waals surface area contributed by atoms with Gasteiger partial charge in [-0.2, -0.15) is 0 Å². The Morgan fingerprint density at radius 3 is 1.54 bits per heavy atom. The summed E-state index contributed by atoms with van der Waals surface area (Å²) in [6.45, 7) is 4.55. The van der Waals surface area contributed by atoms with Crippen molar-refractivity contribution in [3.8, 4) is 0 Å². The maximum absolute atomic E-state index is 12.7.